The van der Waals surface area contributed by atoms with E-state index in [9.17, 15) is 13.2 Å². The number of sulfonamides is 1. The van der Waals surface area contributed by atoms with Crippen LogP contribution in [0.15, 0.2) is 41.3 Å². The number of halogens is 1. The minimum absolute atomic E-state index is 0.000628. The lowest BCUT2D eigenvalue weighted by Gasteiger charge is -2.20. The third-order valence-corrected chi connectivity index (χ3v) is 6.34. The molecule has 1 amide bonds. The van der Waals surface area contributed by atoms with Crippen LogP contribution in [0.2, 0.25) is 5.02 Å². The zero-order valence-electron chi connectivity index (χ0n) is 16.4. The van der Waals surface area contributed by atoms with Crippen LogP contribution in [0.3, 0.4) is 0 Å². The lowest BCUT2D eigenvalue weighted by atomic mass is 10.1. The summed E-state index contributed by atoms with van der Waals surface area (Å²) >= 11 is 6.17. The van der Waals surface area contributed by atoms with Crippen molar-refractivity contribution in [3.05, 3.63) is 52.5 Å². The van der Waals surface area contributed by atoms with Crippen molar-refractivity contribution in [3.63, 3.8) is 0 Å². The van der Waals surface area contributed by atoms with E-state index in [1.165, 1.54) is 44.3 Å². The van der Waals surface area contributed by atoms with Crippen LogP contribution < -0.4 is 9.47 Å². The fourth-order valence-electron chi connectivity index (χ4n) is 2.55. The molecule has 9 heteroatoms. The second-order valence-corrected chi connectivity index (χ2v) is 8.83. The first-order valence-electron chi connectivity index (χ1n) is 8.30. The first kappa shape index (κ1) is 22.0. The highest BCUT2D eigenvalue weighted by Crippen LogP contribution is 2.27. The second kappa shape index (κ2) is 8.81. The summed E-state index contributed by atoms with van der Waals surface area (Å²) in [6.07, 6.45) is 0. The van der Waals surface area contributed by atoms with Crippen LogP contribution >= 0.6 is 11.6 Å². The van der Waals surface area contributed by atoms with Crippen LogP contribution in [0.25, 0.3) is 0 Å². The monoisotopic (exact) mass is 426 g/mol. The molecule has 0 N–H and O–H groups in total. The molecule has 0 saturated heterocycles. The Morgan fingerprint density at radius 2 is 1.71 bits per heavy atom. The van der Waals surface area contributed by atoms with Gasteiger partial charge in [0.1, 0.15) is 11.5 Å². The molecule has 0 unspecified atom stereocenters. The number of hydrogen-bond acceptors (Lipinski definition) is 5. The molecule has 0 aliphatic carbocycles. The maximum atomic E-state index is 12.9. The highest BCUT2D eigenvalue weighted by molar-refractivity contribution is 7.89. The Morgan fingerprint density at radius 1 is 1.04 bits per heavy atom. The number of benzene rings is 2. The molecule has 0 aromatic heterocycles. The SMILES string of the molecule is COc1ccc(CN(C)C(=O)c2cc(S(=O)(=O)N(C)C)ccc2Cl)c(OC)c1. The van der Waals surface area contributed by atoms with Crippen molar-refractivity contribution in [2.45, 2.75) is 11.4 Å². The average molecular weight is 427 g/mol. The van der Waals surface area contributed by atoms with E-state index in [0.717, 1.165) is 9.87 Å². The average Bonchev–Trinajstić information content (AvgIpc) is 2.67. The molecule has 28 heavy (non-hydrogen) atoms. The maximum Gasteiger partial charge on any atom is 0.255 e. The van der Waals surface area contributed by atoms with Crippen LogP contribution in [0.1, 0.15) is 15.9 Å². The van der Waals surface area contributed by atoms with Gasteiger partial charge in [0.25, 0.3) is 5.91 Å². The van der Waals surface area contributed by atoms with Crippen LogP contribution in [0.4, 0.5) is 0 Å². The molecule has 2 aromatic carbocycles. The predicted octanol–water partition coefficient (Wildman–Crippen LogP) is 2.88. The predicted molar refractivity (Wildman–Crippen MR) is 108 cm³/mol. The van der Waals surface area contributed by atoms with Gasteiger partial charge in [-0.25, -0.2) is 12.7 Å². The van der Waals surface area contributed by atoms with Crippen molar-refractivity contribution in [1.82, 2.24) is 9.21 Å². The summed E-state index contributed by atoms with van der Waals surface area (Å²) in [6, 6.07) is 9.38. The molecule has 0 saturated carbocycles. The smallest absolute Gasteiger partial charge is 0.255 e. The molecule has 0 heterocycles. The van der Waals surface area contributed by atoms with Gasteiger partial charge in [-0.15, -0.1) is 0 Å². The number of nitrogens with zero attached hydrogens (tertiary/aromatic N) is 2. The minimum atomic E-state index is -3.68. The summed E-state index contributed by atoms with van der Waals surface area (Å²) in [4.78, 5) is 14.4. The van der Waals surface area contributed by atoms with Gasteiger partial charge in [-0.2, -0.15) is 0 Å². The lowest BCUT2D eigenvalue weighted by molar-refractivity contribution is 0.0784. The normalized spacial score (nSPS) is 11.4. The molecule has 2 aromatic rings. The van der Waals surface area contributed by atoms with E-state index in [4.69, 9.17) is 21.1 Å². The molecule has 0 spiro atoms. The number of rotatable bonds is 7. The van der Waals surface area contributed by atoms with E-state index in [-0.39, 0.29) is 22.0 Å². The molecular formula is C19H23ClN2O5S. The number of amides is 1. The number of hydrogen-bond donors (Lipinski definition) is 0. The number of carbonyl (C=O) groups excluding carboxylic acids is 1. The van der Waals surface area contributed by atoms with Crippen LogP contribution in [0, 0.1) is 0 Å². The molecular weight excluding hydrogens is 404 g/mol. The molecule has 0 aliphatic heterocycles. The maximum absolute atomic E-state index is 12.9. The Kier molecular flexibility index (Phi) is 6.92. The van der Waals surface area contributed by atoms with Gasteiger partial charge in [-0.1, -0.05) is 11.6 Å². The molecule has 7 nitrogen and oxygen atoms in total. The molecule has 0 bridgehead atoms. The standard InChI is InChI=1S/C19H23ClN2O5S/c1-21(2)28(24,25)15-8-9-17(20)16(11-15)19(23)22(3)12-13-6-7-14(26-4)10-18(13)27-5/h6-11H,12H2,1-5H3. The van der Waals surface area contributed by atoms with E-state index in [2.05, 4.69) is 0 Å². The lowest BCUT2D eigenvalue weighted by Crippen LogP contribution is -2.27. The summed E-state index contributed by atoms with van der Waals surface area (Å²) in [5.41, 5.74) is 0.881. The summed E-state index contributed by atoms with van der Waals surface area (Å²) in [5, 5.41) is 0.177. The molecule has 2 rings (SSSR count). The fourth-order valence-corrected chi connectivity index (χ4v) is 3.68. The molecule has 0 fully saturated rings. The Balaban J connectivity index is 2.34. The first-order chi connectivity index (χ1) is 13.1. The zero-order valence-corrected chi connectivity index (χ0v) is 18.0. The van der Waals surface area contributed by atoms with E-state index in [1.807, 2.05) is 0 Å². The van der Waals surface area contributed by atoms with Crippen molar-refractivity contribution >= 4 is 27.5 Å². The van der Waals surface area contributed by atoms with Crippen molar-refractivity contribution in [2.75, 3.05) is 35.4 Å². The highest BCUT2D eigenvalue weighted by Gasteiger charge is 2.23. The second-order valence-electron chi connectivity index (χ2n) is 6.27. The summed E-state index contributed by atoms with van der Waals surface area (Å²) in [7, 11) is 3.86. The van der Waals surface area contributed by atoms with Crippen molar-refractivity contribution in [2.24, 2.45) is 0 Å². The van der Waals surface area contributed by atoms with Gasteiger partial charge in [-0.05, 0) is 30.3 Å². The van der Waals surface area contributed by atoms with E-state index < -0.39 is 15.9 Å². The van der Waals surface area contributed by atoms with Crippen molar-refractivity contribution in [3.8, 4) is 11.5 Å². The molecule has 152 valence electrons. The Labute approximate surface area is 170 Å². The first-order valence-corrected chi connectivity index (χ1v) is 10.1. The largest absolute Gasteiger partial charge is 0.497 e. The summed E-state index contributed by atoms with van der Waals surface area (Å²) in [6.45, 7) is 0.243. The topological polar surface area (TPSA) is 76.2 Å². The Morgan fingerprint density at radius 3 is 2.29 bits per heavy atom. The van der Waals surface area contributed by atoms with Gasteiger partial charge in [0.15, 0.2) is 0 Å². The van der Waals surface area contributed by atoms with E-state index in [1.54, 1.807) is 32.4 Å². The molecule has 0 atom stereocenters. The van der Waals surface area contributed by atoms with Gasteiger partial charge in [0, 0.05) is 39.3 Å². The van der Waals surface area contributed by atoms with Crippen molar-refractivity contribution < 1.29 is 22.7 Å². The summed E-state index contributed by atoms with van der Waals surface area (Å²) < 4.78 is 36.3. The third-order valence-electron chi connectivity index (χ3n) is 4.20. The highest BCUT2D eigenvalue weighted by atomic mass is 35.5. The van der Waals surface area contributed by atoms with Crippen LogP contribution in [-0.4, -0.2) is 58.9 Å². The molecule has 0 aliphatic rings. The minimum Gasteiger partial charge on any atom is -0.497 e. The van der Waals surface area contributed by atoms with Crippen LogP contribution in [0.5, 0.6) is 11.5 Å². The Hall–Kier alpha value is -2.29. The quantitative estimate of drug-likeness (QED) is 0.680. The van der Waals surface area contributed by atoms with E-state index in [0.29, 0.717) is 11.5 Å². The number of carbonyl (C=O) groups is 1. The fraction of sp³-hybridized carbons (Fsp3) is 0.316. The zero-order chi connectivity index (χ0) is 21.1. The number of ether oxygens (including phenoxy) is 2. The summed E-state index contributed by atoms with van der Waals surface area (Å²) in [5.74, 6) is 0.812. The Bertz CT molecular complexity index is 976. The van der Waals surface area contributed by atoms with Gasteiger partial charge in [0.2, 0.25) is 10.0 Å². The third kappa shape index (κ3) is 4.57. The van der Waals surface area contributed by atoms with Crippen molar-refractivity contribution in [1.29, 1.82) is 0 Å². The number of methoxy groups -OCH3 is 2. The van der Waals surface area contributed by atoms with Gasteiger partial charge in [0.05, 0.1) is 29.7 Å². The van der Waals surface area contributed by atoms with Gasteiger partial charge < -0.3 is 14.4 Å². The van der Waals surface area contributed by atoms with Gasteiger partial charge >= 0.3 is 0 Å². The molecule has 0 radical (unpaired) electrons. The van der Waals surface area contributed by atoms with Gasteiger partial charge in [-0.3, -0.25) is 4.79 Å². The van der Waals surface area contributed by atoms with Crippen LogP contribution in [-0.2, 0) is 16.6 Å². The van der Waals surface area contributed by atoms with E-state index >= 15 is 0 Å².